The number of pyridine rings is 1. The molecule has 0 spiro atoms. The van der Waals surface area contributed by atoms with Crippen LogP contribution in [0.3, 0.4) is 0 Å². The molecular weight excluding hydrogens is 276 g/mol. The molecule has 0 aromatic carbocycles. The van der Waals surface area contributed by atoms with Crippen LogP contribution in [0.15, 0.2) is 24.5 Å². The zero-order valence-electron chi connectivity index (χ0n) is 11.5. The summed E-state index contributed by atoms with van der Waals surface area (Å²) in [5.74, 6) is 0.277. The number of piperidine rings is 1. The number of hydrogen-bond acceptors (Lipinski definition) is 4. The smallest absolute Gasteiger partial charge is 0.279 e. The van der Waals surface area contributed by atoms with E-state index in [1.54, 1.807) is 12.4 Å². The summed E-state index contributed by atoms with van der Waals surface area (Å²) in [7, 11) is -3.39. The molecule has 1 saturated heterocycles. The third kappa shape index (κ3) is 4.24. The quantitative estimate of drug-likeness (QED) is 0.781. The fraction of sp³-hybridized carbons (Fsp3) is 0.615. The molecule has 20 heavy (non-hydrogen) atoms. The minimum absolute atomic E-state index is 0.277. The van der Waals surface area contributed by atoms with Crippen molar-refractivity contribution < 1.29 is 8.42 Å². The second-order valence-electron chi connectivity index (χ2n) is 5.11. The van der Waals surface area contributed by atoms with Crippen molar-refractivity contribution in [1.82, 2.24) is 14.0 Å². The maximum absolute atomic E-state index is 12.2. The summed E-state index contributed by atoms with van der Waals surface area (Å²) in [5, 5.41) is 0. The Hall–Kier alpha value is -1.02. The molecule has 0 aliphatic carbocycles. The van der Waals surface area contributed by atoms with Crippen LogP contribution in [-0.4, -0.2) is 43.9 Å². The molecule has 0 bridgehead atoms. The predicted octanol–water partition coefficient (Wildman–Crippen LogP) is 0.129. The number of aromatic nitrogens is 1. The summed E-state index contributed by atoms with van der Waals surface area (Å²) >= 11 is 0. The van der Waals surface area contributed by atoms with Crippen molar-refractivity contribution in [3.05, 3.63) is 30.1 Å². The number of nitrogens with two attached hydrogens (primary N) is 1. The molecule has 1 aliphatic rings. The van der Waals surface area contributed by atoms with Gasteiger partial charge in [0.2, 0.25) is 0 Å². The second-order valence-corrected chi connectivity index (χ2v) is 6.87. The van der Waals surface area contributed by atoms with Crippen LogP contribution in [0.2, 0.25) is 0 Å². The second kappa shape index (κ2) is 7.12. The lowest BCUT2D eigenvalue weighted by molar-refractivity contribution is 0.269. The van der Waals surface area contributed by atoms with Crippen LogP contribution in [0.4, 0.5) is 0 Å². The summed E-state index contributed by atoms with van der Waals surface area (Å²) in [4.78, 5) is 4.01. The molecule has 1 unspecified atom stereocenters. The molecule has 3 N–H and O–H groups in total. The normalized spacial score (nSPS) is 20.9. The van der Waals surface area contributed by atoms with Gasteiger partial charge in [-0.3, -0.25) is 4.98 Å². The highest BCUT2D eigenvalue weighted by Crippen LogP contribution is 2.17. The van der Waals surface area contributed by atoms with Crippen LogP contribution in [-0.2, 0) is 16.6 Å². The van der Waals surface area contributed by atoms with Crippen molar-refractivity contribution in [3.8, 4) is 0 Å². The summed E-state index contributed by atoms with van der Waals surface area (Å²) in [6.07, 6.45) is 5.98. The van der Waals surface area contributed by atoms with Gasteiger partial charge in [-0.15, -0.1) is 0 Å². The van der Waals surface area contributed by atoms with Crippen molar-refractivity contribution in [3.63, 3.8) is 0 Å². The van der Waals surface area contributed by atoms with E-state index in [4.69, 9.17) is 5.73 Å². The molecular formula is C13H22N4O2S. The lowest BCUT2D eigenvalue weighted by Crippen LogP contribution is -2.47. The van der Waals surface area contributed by atoms with E-state index in [0.29, 0.717) is 32.6 Å². The standard InChI is InChI=1S/C13H22N4O2S/c14-9-13-4-2-8-17(11-13)20(18,19)16-7-5-12-3-1-6-15-10-12/h1,3,6,10,13,16H,2,4-5,7-9,11,14H2. The first-order valence-electron chi connectivity index (χ1n) is 6.95. The lowest BCUT2D eigenvalue weighted by atomic mass is 10.0. The van der Waals surface area contributed by atoms with E-state index >= 15 is 0 Å². The molecule has 1 aromatic heterocycles. The number of nitrogens with one attached hydrogen (secondary N) is 1. The van der Waals surface area contributed by atoms with E-state index in [0.717, 1.165) is 18.4 Å². The Morgan fingerprint density at radius 2 is 2.35 bits per heavy atom. The predicted molar refractivity (Wildman–Crippen MR) is 78.2 cm³/mol. The Labute approximate surface area is 120 Å². The van der Waals surface area contributed by atoms with Gasteiger partial charge < -0.3 is 5.73 Å². The average molecular weight is 298 g/mol. The van der Waals surface area contributed by atoms with Gasteiger partial charge in [0.15, 0.2) is 0 Å². The lowest BCUT2D eigenvalue weighted by Gasteiger charge is -2.31. The molecule has 0 amide bonds. The van der Waals surface area contributed by atoms with Gasteiger partial charge in [0, 0.05) is 32.0 Å². The molecule has 112 valence electrons. The van der Waals surface area contributed by atoms with Gasteiger partial charge in [-0.2, -0.15) is 12.7 Å². The van der Waals surface area contributed by atoms with Crippen LogP contribution >= 0.6 is 0 Å². The summed E-state index contributed by atoms with van der Waals surface area (Å²) in [6, 6.07) is 3.78. The average Bonchev–Trinajstić information content (AvgIpc) is 2.48. The van der Waals surface area contributed by atoms with E-state index in [2.05, 4.69) is 9.71 Å². The topological polar surface area (TPSA) is 88.3 Å². The van der Waals surface area contributed by atoms with E-state index in [9.17, 15) is 8.42 Å². The zero-order chi connectivity index (χ0) is 14.4. The summed E-state index contributed by atoms with van der Waals surface area (Å²) in [6.45, 7) is 2.04. The van der Waals surface area contributed by atoms with Gasteiger partial charge in [-0.25, -0.2) is 4.72 Å². The third-order valence-corrected chi connectivity index (χ3v) is 5.16. The fourth-order valence-corrected chi connectivity index (χ4v) is 3.72. The first kappa shape index (κ1) is 15.4. The van der Waals surface area contributed by atoms with Crippen molar-refractivity contribution in [1.29, 1.82) is 0 Å². The molecule has 6 nitrogen and oxygen atoms in total. The highest BCUT2D eigenvalue weighted by Gasteiger charge is 2.27. The van der Waals surface area contributed by atoms with E-state index in [1.807, 2.05) is 12.1 Å². The third-order valence-electron chi connectivity index (χ3n) is 3.58. The van der Waals surface area contributed by atoms with Gasteiger partial charge >= 0.3 is 0 Å². The van der Waals surface area contributed by atoms with E-state index in [1.165, 1.54) is 4.31 Å². The van der Waals surface area contributed by atoms with Crippen molar-refractivity contribution in [2.45, 2.75) is 19.3 Å². The van der Waals surface area contributed by atoms with Crippen molar-refractivity contribution in [2.24, 2.45) is 11.7 Å². The fourth-order valence-electron chi connectivity index (χ4n) is 2.40. The molecule has 1 fully saturated rings. The Morgan fingerprint density at radius 3 is 3.05 bits per heavy atom. The Bertz CT molecular complexity index is 506. The Balaban J connectivity index is 1.84. The van der Waals surface area contributed by atoms with Crippen molar-refractivity contribution >= 4 is 10.2 Å². The van der Waals surface area contributed by atoms with Crippen molar-refractivity contribution in [2.75, 3.05) is 26.2 Å². The molecule has 1 aromatic rings. The van der Waals surface area contributed by atoms with Gasteiger partial charge in [-0.05, 0) is 43.4 Å². The maximum atomic E-state index is 12.2. The Kier molecular flexibility index (Phi) is 5.47. The SMILES string of the molecule is NCC1CCCN(S(=O)(=O)NCCc2cccnc2)C1. The van der Waals surface area contributed by atoms with Gasteiger partial charge in [0.05, 0.1) is 0 Å². The van der Waals surface area contributed by atoms with Crippen LogP contribution in [0.1, 0.15) is 18.4 Å². The largest absolute Gasteiger partial charge is 0.330 e. The highest BCUT2D eigenvalue weighted by molar-refractivity contribution is 7.87. The first-order valence-corrected chi connectivity index (χ1v) is 8.39. The monoisotopic (exact) mass is 298 g/mol. The maximum Gasteiger partial charge on any atom is 0.279 e. The zero-order valence-corrected chi connectivity index (χ0v) is 12.3. The molecule has 1 aliphatic heterocycles. The molecule has 2 rings (SSSR count). The van der Waals surface area contributed by atoms with Gasteiger partial charge in [-0.1, -0.05) is 6.07 Å². The summed E-state index contributed by atoms with van der Waals surface area (Å²) < 4.78 is 28.6. The molecule has 7 heteroatoms. The van der Waals surface area contributed by atoms with Crippen LogP contribution < -0.4 is 10.5 Å². The van der Waals surface area contributed by atoms with Crippen LogP contribution in [0.5, 0.6) is 0 Å². The van der Waals surface area contributed by atoms with Crippen LogP contribution in [0, 0.1) is 5.92 Å². The number of hydrogen-bond donors (Lipinski definition) is 2. The minimum atomic E-state index is -3.39. The molecule has 0 saturated carbocycles. The molecule has 0 radical (unpaired) electrons. The van der Waals surface area contributed by atoms with Gasteiger partial charge in [0.25, 0.3) is 10.2 Å². The van der Waals surface area contributed by atoms with E-state index in [-0.39, 0.29) is 5.92 Å². The number of rotatable bonds is 6. The minimum Gasteiger partial charge on any atom is -0.330 e. The molecule has 1 atom stereocenters. The van der Waals surface area contributed by atoms with Gasteiger partial charge in [0.1, 0.15) is 0 Å². The number of nitrogens with zero attached hydrogens (tertiary/aromatic N) is 2. The summed E-state index contributed by atoms with van der Waals surface area (Å²) in [5.41, 5.74) is 6.66. The first-order chi connectivity index (χ1) is 9.62. The molecule has 2 heterocycles. The van der Waals surface area contributed by atoms with E-state index < -0.39 is 10.2 Å². The van der Waals surface area contributed by atoms with Crippen LogP contribution in [0.25, 0.3) is 0 Å². The highest BCUT2D eigenvalue weighted by atomic mass is 32.2. The Morgan fingerprint density at radius 1 is 1.50 bits per heavy atom.